The third-order valence-corrected chi connectivity index (χ3v) is 6.88. The van der Waals surface area contributed by atoms with E-state index in [-0.39, 0.29) is 11.5 Å². The Kier molecular flexibility index (Phi) is 6.83. The quantitative estimate of drug-likeness (QED) is 0.358. The highest BCUT2D eigenvalue weighted by atomic mass is 19.1. The fourth-order valence-electron chi connectivity index (χ4n) is 5.08. The van der Waals surface area contributed by atoms with Crippen molar-refractivity contribution in [2.45, 2.75) is 50.9 Å². The Balaban J connectivity index is 1.47. The van der Waals surface area contributed by atoms with Crippen LogP contribution < -0.4 is 0 Å². The van der Waals surface area contributed by atoms with E-state index in [1.54, 1.807) is 0 Å². The van der Waals surface area contributed by atoms with E-state index in [9.17, 15) is 17.6 Å². The van der Waals surface area contributed by atoms with E-state index in [2.05, 4.69) is 31.2 Å². The number of nitrogens with zero attached hydrogens (tertiary/aromatic N) is 1. The minimum atomic E-state index is -1.14. The molecule has 1 unspecified atom stereocenters. The fraction of sp³-hybridized carbons (Fsp3) is 0.321. The summed E-state index contributed by atoms with van der Waals surface area (Å²) in [6.45, 7) is 2.24. The zero-order valence-corrected chi connectivity index (χ0v) is 18.4. The van der Waals surface area contributed by atoms with Crippen molar-refractivity contribution in [3.63, 3.8) is 0 Å². The first kappa shape index (κ1) is 23.0. The molecule has 3 aromatic carbocycles. The van der Waals surface area contributed by atoms with Crippen LogP contribution in [0.4, 0.5) is 17.6 Å². The van der Waals surface area contributed by atoms with E-state index >= 15 is 0 Å². The van der Waals surface area contributed by atoms with Crippen molar-refractivity contribution in [2.75, 3.05) is 0 Å². The van der Waals surface area contributed by atoms with E-state index < -0.39 is 34.4 Å². The molecule has 33 heavy (non-hydrogen) atoms. The molecule has 0 N–H and O–H groups in total. The van der Waals surface area contributed by atoms with Crippen molar-refractivity contribution >= 4 is 0 Å². The summed E-state index contributed by atoms with van der Waals surface area (Å²) in [7, 11) is 0. The molecule has 1 atom stereocenters. The summed E-state index contributed by atoms with van der Waals surface area (Å²) < 4.78 is 57.7. The zero-order chi connectivity index (χ0) is 23.5. The SMILES string of the molecule is CC(CC1CCC(c2cc(F)c(-c3cc(F)c(C#N)c(F)c3)c(F)c2)CC1)c1ccccc1. The Morgan fingerprint density at radius 3 is 1.97 bits per heavy atom. The van der Waals surface area contributed by atoms with Crippen LogP contribution >= 0.6 is 0 Å². The van der Waals surface area contributed by atoms with Gasteiger partial charge in [-0.1, -0.05) is 37.3 Å². The van der Waals surface area contributed by atoms with Gasteiger partial charge in [0.15, 0.2) is 0 Å². The number of rotatable bonds is 5. The lowest BCUT2D eigenvalue weighted by Gasteiger charge is -2.30. The van der Waals surface area contributed by atoms with Crippen LogP contribution in [0.1, 0.15) is 67.6 Å². The highest BCUT2D eigenvalue weighted by Crippen LogP contribution is 2.41. The Morgan fingerprint density at radius 1 is 0.848 bits per heavy atom. The monoisotopic (exact) mass is 451 g/mol. The lowest BCUT2D eigenvalue weighted by molar-refractivity contribution is 0.296. The summed E-state index contributed by atoms with van der Waals surface area (Å²) in [5.74, 6) is -2.88. The van der Waals surface area contributed by atoms with Crippen LogP contribution in [-0.4, -0.2) is 0 Å². The first-order chi connectivity index (χ1) is 15.9. The van der Waals surface area contributed by atoms with Crippen molar-refractivity contribution in [3.8, 4) is 17.2 Å². The summed E-state index contributed by atoms with van der Waals surface area (Å²) in [6.07, 6.45) is 4.79. The largest absolute Gasteiger partial charge is 0.206 e. The molecule has 0 aromatic heterocycles. The zero-order valence-electron chi connectivity index (χ0n) is 18.4. The van der Waals surface area contributed by atoms with Crippen molar-refractivity contribution < 1.29 is 17.6 Å². The third-order valence-electron chi connectivity index (χ3n) is 6.88. The normalized spacial score (nSPS) is 19.2. The van der Waals surface area contributed by atoms with Gasteiger partial charge in [-0.3, -0.25) is 0 Å². The standard InChI is InChI=1S/C28H25F4N/c1-17(19-5-3-2-4-6-19)11-18-7-9-20(10-8-18)21-12-26(31)28(27(32)13-21)22-14-24(29)23(16-33)25(30)15-22/h2-6,12-15,17-18,20H,7-11H2,1H3. The van der Waals surface area contributed by atoms with Gasteiger partial charge in [-0.2, -0.15) is 5.26 Å². The van der Waals surface area contributed by atoms with E-state index in [0.717, 1.165) is 44.2 Å². The van der Waals surface area contributed by atoms with Gasteiger partial charge in [-0.15, -0.1) is 0 Å². The summed E-state index contributed by atoms with van der Waals surface area (Å²) in [5.41, 5.74) is 0.401. The average molecular weight is 452 g/mol. The van der Waals surface area contributed by atoms with Crippen molar-refractivity contribution in [1.29, 1.82) is 5.26 Å². The second-order valence-electron chi connectivity index (χ2n) is 9.05. The Hall–Kier alpha value is -3.13. The van der Waals surface area contributed by atoms with Gasteiger partial charge in [0, 0.05) is 0 Å². The predicted octanol–water partition coefficient (Wildman–Crippen LogP) is 8.25. The summed E-state index contributed by atoms with van der Waals surface area (Å²) in [4.78, 5) is 0. The van der Waals surface area contributed by atoms with Gasteiger partial charge >= 0.3 is 0 Å². The Labute approximate surface area is 191 Å². The molecule has 1 nitrogen and oxygen atoms in total. The second-order valence-corrected chi connectivity index (χ2v) is 9.05. The van der Waals surface area contributed by atoms with Crippen LogP contribution in [-0.2, 0) is 0 Å². The van der Waals surface area contributed by atoms with E-state index in [4.69, 9.17) is 5.26 Å². The maximum absolute atomic E-state index is 14.9. The van der Waals surface area contributed by atoms with Crippen LogP contribution in [0.2, 0.25) is 0 Å². The molecule has 0 bridgehead atoms. The van der Waals surface area contributed by atoms with Crippen LogP contribution in [0.25, 0.3) is 11.1 Å². The number of benzene rings is 3. The molecule has 0 heterocycles. The van der Waals surface area contributed by atoms with Gasteiger partial charge in [0.25, 0.3) is 0 Å². The lowest BCUT2D eigenvalue weighted by atomic mass is 9.75. The fourth-order valence-corrected chi connectivity index (χ4v) is 5.08. The Morgan fingerprint density at radius 2 is 1.42 bits per heavy atom. The first-order valence-corrected chi connectivity index (χ1v) is 11.3. The molecule has 1 aliphatic rings. The molecule has 0 amide bonds. The molecule has 1 fully saturated rings. The van der Waals surface area contributed by atoms with Crippen LogP contribution in [0.5, 0.6) is 0 Å². The highest BCUT2D eigenvalue weighted by Gasteiger charge is 2.26. The minimum Gasteiger partial charge on any atom is -0.206 e. The van der Waals surface area contributed by atoms with Crippen LogP contribution in [0.3, 0.4) is 0 Å². The molecule has 0 radical (unpaired) electrons. The number of hydrogen-bond donors (Lipinski definition) is 0. The topological polar surface area (TPSA) is 23.8 Å². The third kappa shape index (κ3) is 4.95. The average Bonchev–Trinajstić information content (AvgIpc) is 2.79. The molecule has 0 spiro atoms. The second kappa shape index (κ2) is 9.79. The smallest absolute Gasteiger partial charge is 0.144 e. The van der Waals surface area contributed by atoms with Crippen LogP contribution in [0.15, 0.2) is 54.6 Å². The maximum atomic E-state index is 14.9. The Bertz CT molecular complexity index is 1130. The molecule has 0 aliphatic heterocycles. The van der Waals surface area contributed by atoms with Gasteiger partial charge in [0.1, 0.15) is 34.9 Å². The summed E-state index contributed by atoms with van der Waals surface area (Å²) in [5, 5.41) is 8.80. The number of hydrogen-bond acceptors (Lipinski definition) is 1. The molecular formula is C28H25F4N. The van der Waals surface area contributed by atoms with Gasteiger partial charge in [0.05, 0.1) is 5.56 Å². The van der Waals surface area contributed by atoms with Crippen molar-refractivity contribution in [2.24, 2.45) is 5.92 Å². The van der Waals surface area contributed by atoms with Gasteiger partial charge in [-0.05, 0) is 90.8 Å². The molecule has 1 saturated carbocycles. The van der Waals surface area contributed by atoms with Crippen LogP contribution in [0, 0.1) is 40.5 Å². The first-order valence-electron chi connectivity index (χ1n) is 11.3. The van der Waals surface area contributed by atoms with Crippen molar-refractivity contribution in [3.05, 3.63) is 94.6 Å². The van der Waals surface area contributed by atoms with E-state index in [0.29, 0.717) is 17.4 Å². The predicted molar refractivity (Wildman–Crippen MR) is 121 cm³/mol. The number of nitriles is 1. The molecule has 5 heteroatoms. The minimum absolute atomic E-state index is 0.0563. The molecule has 3 aromatic rings. The van der Waals surface area contributed by atoms with Crippen molar-refractivity contribution in [1.82, 2.24) is 0 Å². The molecule has 0 saturated heterocycles. The van der Waals surface area contributed by atoms with Gasteiger partial charge in [-0.25, -0.2) is 17.6 Å². The molecule has 4 rings (SSSR count). The van der Waals surface area contributed by atoms with E-state index in [1.807, 2.05) is 6.07 Å². The summed E-state index contributed by atoms with van der Waals surface area (Å²) >= 11 is 0. The summed E-state index contributed by atoms with van der Waals surface area (Å²) in [6, 6.07) is 16.0. The molecular weight excluding hydrogens is 426 g/mol. The molecule has 1 aliphatic carbocycles. The van der Waals surface area contributed by atoms with Gasteiger partial charge < -0.3 is 0 Å². The molecule has 170 valence electrons. The maximum Gasteiger partial charge on any atom is 0.144 e. The van der Waals surface area contributed by atoms with E-state index in [1.165, 1.54) is 23.8 Å². The number of halogens is 4. The highest BCUT2D eigenvalue weighted by molar-refractivity contribution is 5.66. The van der Waals surface area contributed by atoms with Gasteiger partial charge in [0.2, 0.25) is 0 Å². The lowest BCUT2D eigenvalue weighted by Crippen LogP contribution is -2.15.